The van der Waals surface area contributed by atoms with E-state index in [1.54, 1.807) is 0 Å². The van der Waals surface area contributed by atoms with Crippen LogP contribution in [0.25, 0.3) is 0 Å². The van der Waals surface area contributed by atoms with Gasteiger partial charge in [-0.2, -0.15) is 0 Å². The molecule has 1 amide bonds. The third kappa shape index (κ3) is 2.16. The van der Waals surface area contributed by atoms with Crippen molar-refractivity contribution in [3.63, 3.8) is 0 Å². The summed E-state index contributed by atoms with van der Waals surface area (Å²) in [5, 5.41) is 0. The van der Waals surface area contributed by atoms with E-state index in [4.69, 9.17) is 0 Å². The molecule has 0 bridgehead atoms. The summed E-state index contributed by atoms with van der Waals surface area (Å²) >= 11 is 0. The largest absolute Gasteiger partial charge is 0.335 e. The number of hydrogen-bond donors (Lipinski definition) is 0. The minimum Gasteiger partial charge on any atom is -0.335 e. The van der Waals surface area contributed by atoms with Crippen molar-refractivity contribution in [1.29, 1.82) is 0 Å². The number of benzene rings is 1. The first-order chi connectivity index (χ1) is 8.86. The lowest BCUT2D eigenvalue weighted by Gasteiger charge is -2.27. The van der Waals surface area contributed by atoms with Crippen molar-refractivity contribution in [2.45, 2.75) is 44.6 Å². The molecular formula is C16H21NO. The van der Waals surface area contributed by atoms with E-state index in [1.165, 1.54) is 18.4 Å². The molecule has 2 heteroatoms. The van der Waals surface area contributed by atoms with E-state index in [-0.39, 0.29) is 0 Å². The fourth-order valence-electron chi connectivity index (χ4n) is 3.46. The van der Waals surface area contributed by atoms with Gasteiger partial charge in [0, 0.05) is 12.5 Å². The Hall–Kier alpha value is -1.31. The van der Waals surface area contributed by atoms with Gasteiger partial charge in [0.1, 0.15) is 0 Å². The minimum atomic E-state index is 0.314. The van der Waals surface area contributed by atoms with Crippen LogP contribution in [0.15, 0.2) is 30.3 Å². The number of hydrogen-bond acceptors (Lipinski definition) is 1. The van der Waals surface area contributed by atoms with Crippen molar-refractivity contribution in [3.8, 4) is 0 Å². The second-order valence-electron chi connectivity index (χ2n) is 5.58. The quantitative estimate of drug-likeness (QED) is 0.778. The standard InChI is InChI=1S/C16H21NO/c18-16(14-9-4-5-10-14)17-12-6-11-15(17)13-7-2-1-3-8-13/h1-3,7-8,14-15H,4-6,9-12H2. The molecule has 0 radical (unpaired) electrons. The van der Waals surface area contributed by atoms with Crippen LogP contribution in [0.3, 0.4) is 0 Å². The SMILES string of the molecule is O=C(C1CCCC1)N1CCCC1c1ccccc1. The van der Waals surface area contributed by atoms with Crippen LogP contribution in [0, 0.1) is 5.92 Å². The maximum absolute atomic E-state index is 12.6. The number of likely N-dealkylation sites (tertiary alicyclic amines) is 1. The minimum absolute atomic E-state index is 0.314. The van der Waals surface area contributed by atoms with Crippen molar-refractivity contribution < 1.29 is 4.79 Å². The molecule has 1 aliphatic carbocycles. The van der Waals surface area contributed by atoms with Crippen LogP contribution in [-0.2, 0) is 4.79 Å². The molecule has 3 rings (SSSR count). The Morgan fingerprint density at radius 2 is 1.72 bits per heavy atom. The van der Waals surface area contributed by atoms with Gasteiger partial charge in [0.25, 0.3) is 0 Å². The second-order valence-corrected chi connectivity index (χ2v) is 5.58. The Kier molecular flexibility index (Phi) is 3.35. The van der Waals surface area contributed by atoms with Crippen LogP contribution in [-0.4, -0.2) is 17.4 Å². The van der Waals surface area contributed by atoms with E-state index in [1.807, 2.05) is 6.07 Å². The van der Waals surface area contributed by atoms with Crippen molar-refractivity contribution in [3.05, 3.63) is 35.9 Å². The number of carbonyl (C=O) groups excluding carboxylic acids is 1. The summed E-state index contributed by atoms with van der Waals surface area (Å²) in [5.41, 5.74) is 1.31. The average molecular weight is 243 g/mol. The first kappa shape index (κ1) is 11.8. The van der Waals surface area contributed by atoms with Gasteiger partial charge in [0.2, 0.25) is 5.91 Å². The smallest absolute Gasteiger partial charge is 0.226 e. The van der Waals surface area contributed by atoms with Crippen molar-refractivity contribution in [2.75, 3.05) is 6.54 Å². The highest BCUT2D eigenvalue weighted by molar-refractivity contribution is 5.79. The van der Waals surface area contributed by atoms with Gasteiger partial charge in [-0.15, -0.1) is 0 Å². The van der Waals surface area contributed by atoms with Crippen LogP contribution in [0.4, 0.5) is 0 Å². The molecule has 0 N–H and O–H groups in total. The summed E-state index contributed by atoms with van der Waals surface area (Å²) in [7, 11) is 0. The van der Waals surface area contributed by atoms with Crippen LogP contribution in [0.2, 0.25) is 0 Å². The van der Waals surface area contributed by atoms with Crippen molar-refractivity contribution in [1.82, 2.24) is 4.90 Å². The molecule has 1 saturated carbocycles. The summed E-state index contributed by atoms with van der Waals surface area (Å²) in [6.07, 6.45) is 6.97. The maximum Gasteiger partial charge on any atom is 0.226 e. The molecule has 2 fully saturated rings. The van der Waals surface area contributed by atoms with Gasteiger partial charge < -0.3 is 4.90 Å². The summed E-state index contributed by atoms with van der Waals surface area (Å²) in [6, 6.07) is 10.8. The van der Waals surface area contributed by atoms with Crippen molar-refractivity contribution in [2.24, 2.45) is 5.92 Å². The van der Waals surface area contributed by atoms with E-state index in [9.17, 15) is 4.79 Å². The summed E-state index contributed by atoms with van der Waals surface area (Å²) < 4.78 is 0. The maximum atomic E-state index is 12.6. The fraction of sp³-hybridized carbons (Fsp3) is 0.562. The van der Waals surface area contributed by atoms with Gasteiger partial charge in [0.05, 0.1) is 6.04 Å². The molecule has 0 aromatic heterocycles. The number of amides is 1. The molecule has 1 aromatic carbocycles. The van der Waals surface area contributed by atoms with Gasteiger partial charge in [-0.05, 0) is 31.2 Å². The van der Waals surface area contributed by atoms with Gasteiger partial charge in [-0.25, -0.2) is 0 Å². The number of nitrogens with zero attached hydrogens (tertiary/aromatic N) is 1. The Balaban J connectivity index is 1.77. The predicted molar refractivity (Wildman–Crippen MR) is 72.1 cm³/mol. The molecule has 1 atom stereocenters. The third-order valence-corrected chi connectivity index (χ3v) is 4.42. The zero-order valence-corrected chi connectivity index (χ0v) is 10.8. The molecule has 1 saturated heterocycles. The van der Waals surface area contributed by atoms with Crippen LogP contribution in [0.1, 0.15) is 50.1 Å². The lowest BCUT2D eigenvalue weighted by atomic mass is 10.0. The molecule has 1 aromatic rings. The van der Waals surface area contributed by atoms with Crippen LogP contribution in [0.5, 0.6) is 0 Å². The van der Waals surface area contributed by atoms with Crippen molar-refractivity contribution >= 4 is 5.91 Å². The van der Waals surface area contributed by atoms with E-state index in [2.05, 4.69) is 29.2 Å². The highest BCUT2D eigenvalue weighted by atomic mass is 16.2. The lowest BCUT2D eigenvalue weighted by Crippen LogP contribution is -2.34. The van der Waals surface area contributed by atoms with E-state index >= 15 is 0 Å². The van der Waals surface area contributed by atoms with E-state index in [0.717, 1.165) is 32.2 Å². The fourth-order valence-corrected chi connectivity index (χ4v) is 3.46. The summed E-state index contributed by atoms with van der Waals surface area (Å²) in [6.45, 7) is 0.953. The topological polar surface area (TPSA) is 20.3 Å². The monoisotopic (exact) mass is 243 g/mol. The highest BCUT2D eigenvalue weighted by Gasteiger charge is 2.34. The average Bonchev–Trinajstić information content (AvgIpc) is 3.10. The summed E-state index contributed by atoms with van der Waals surface area (Å²) in [4.78, 5) is 14.7. The van der Waals surface area contributed by atoms with Gasteiger partial charge in [-0.3, -0.25) is 4.79 Å². The lowest BCUT2D eigenvalue weighted by molar-refractivity contribution is -0.136. The Morgan fingerprint density at radius 3 is 2.44 bits per heavy atom. The van der Waals surface area contributed by atoms with Gasteiger partial charge >= 0.3 is 0 Å². The van der Waals surface area contributed by atoms with E-state index in [0.29, 0.717) is 17.9 Å². The zero-order chi connectivity index (χ0) is 12.4. The van der Waals surface area contributed by atoms with Gasteiger partial charge in [-0.1, -0.05) is 43.2 Å². The molecular weight excluding hydrogens is 222 g/mol. The molecule has 2 aliphatic rings. The van der Waals surface area contributed by atoms with Crippen LogP contribution >= 0.6 is 0 Å². The molecule has 0 spiro atoms. The molecule has 1 aliphatic heterocycles. The second kappa shape index (κ2) is 5.13. The molecule has 1 heterocycles. The summed E-state index contributed by atoms with van der Waals surface area (Å²) in [5.74, 6) is 0.730. The Bertz CT molecular complexity index is 408. The molecule has 96 valence electrons. The number of rotatable bonds is 2. The third-order valence-electron chi connectivity index (χ3n) is 4.42. The molecule has 2 nitrogen and oxygen atoms in total. The predicted octanol–water partition coefficient (Wildman–Crippen LogP) is 3.54. The molecule has 1 unspecified atom stereocenters. The van der Waals surface area contributed by atoms with Crippen LogP contribution < -0.4 is 0 Å². The number of carbonyl (C=O) groups is 1. The Labute approximate surface area is 109 Å². The molecule has 18 heavy (non-hydrogen) atoms. The first-order valence-electron chi connectivity index (χ1n) is 7.21. The Morgan fingerprint density at radius 1 is 1.00 bits per heavy atom. The van der Waals surface area contributed by atoms with Gasteiger partial charge in [0.15, 0.2) is 0 Å². The normalized spacial score (nSPS) is 24.7. The van der Waals surface area contributed by atoms with E-state index < -0.39 is 0 Å². The zero-order valence-electron chi connectivity index (χ0n) is 10.8. The highest BCUT2D eigenvalue weighted by Crippen LogP contribution is 2.36. The first-order valence-corrected chi connectivity index (χ1v) is 7.21.